The van der Waals surface area contributed by atoms with Gasteiger partial charge in [-0.2, -0.15) is 0 Å². The Balaban J connectivity index is 1.41. The third kappa shape index (κ3) is 4.90. The largest absolute Gasteiger partial charge is 0.481 e. The normalized spacial score (nSPS) is 21.5. The Bertz CT molecular complexity index is 1080. The molecule has 186 valence electrons. The lowest BCUT2D eigenvalue weighted by Crippen LogP contribution is -2.56. The van der Waals surface area contributed by atoms with Gasteiger partial charge in [0.1, 0.15) is 6.61 Å². The molecule has 3 N–H and O–H groups in total. The molecule has 2 aliphatic carbocycles. The molecule has 2 aromatic carbocycles. The Hall–Kier alpha value is -3.35. The van der Waals surface area contributed by atoms with Crippen LogP contribution in [0.1, 0.15) is 63.5 Å². The number of carboxylic acid groups (broad SMARTS) is 1. The summed E-state index contributed by atoms with van der Waals surface area (Å²) in [5.41, 5.74) is 2.71. The Labute approximate surface area is 206 Å². The van der Waals surface area contributed by atoms with E-state index in [1.54, 1.807) is 13.8 Å². The van der Waals surface area contributed by atoms with Gasteiger partial charge in [0.25, 0.3) is 0 Å². The molecular formula is C28H34N2O5. The summed E-state index contributed by atoms with van der Waals surface area (Å²) >= 11 is 0. The van der Waals surface area contributed by atoms with Crippen LogP contribution in [-0.4, -0.2) is 42.3 Å². The van der Waals surface area contributed by atoms with Crippen molar-refractivity contribution >= 4 is 18.0 Å². The van der Waals surface area contributed by atoms with Gasteiger partial charge in [0, 0.05) is 18.5 Å². The van der Waals surface area contributed by atoms with Gasteiger partial charge >= 0.3 is 12.1 Å². The van der Waals surface area contributed by atoms with Crippen LogP contribution < -0.4 is 10.6 Å². The standard InChI is InChI=1S/C28H34N2O5/c1-27(2,25(32)33)17-29-24(31)28(3)15-9-8-14-23(28)30-26(34)35-16-22-20-12-6-4-10-18(20)19-11-5-7-13-21(19)22/h4-7,10-13,22-23H,8-9,14-17H2,1-3H3,(H,29,31)(H,30,34)(H,32,33). The molecule has 0 heterocycles. The first-order chi connectivity index (χ1) is 16.6. The van der Waals surface area contributed by atoms with Crippen LogP contribution in [0.2, 0.25) is 0 Å². The lowest BCUT2D eigenvalue weighted by Gasteiger charge is -2.40. The van der Waals surface area contributed by atoms with Crippen LogP contribution in [0, 0.1) is 10.8 Å². The first kappa shape index (κ1) is 24.8. The van der Waals surface area contributed by atoms with E-state index in [1.165, 1.54) is 0 Å². The summed E-state index contributed by atoms with van der Waals surface area (Å²) in [6, 6.07) is 15.9. The maximum absolute atomic E-state index is 13.1. The molecule has 35 heavy (non-hydrogen) atoms. The lowest BCUT2D eigenvalue weighted by atomic mass is 9.71. The number of rotatable bonds is 7. The zero-order chi connectivity index (χ0) is 25.2. The number of benzene rings is 2. The quantitative estimate of drug-likeness (QED) is 0.535. The molecule has 0 bridgehead atoms. The number of aliphatic carboxylic acids is 1. The summed E-state index contributed by atoms with van der Waals surface area (Å²) in [6.07, 6.45) is 2.51. The van der Waals surface area contributed by atoms with E-state index in [9.17, 15) is 19.5 Å². The third-order valence-electron chi connectivity index (χ3n) is 7.63. The van der Waals surface area contributed by atoms with Gasteiger partial charge in [0.15, 0.2) is 0 Å². The Morgan fingerprint density at radius 3 is 2.23 bits per heavy atom. The predicted octanol–water partition coefficient (Wildman–Crippen LogP) is 4.70. The van der Waals surface area contributed by atoms with Crippen LogP contribution >= 0.6 is 0 Å². The number of hydrogen-bond acceptors (Lipinski definition) is 4. The number of carbonyl (C=O) groups is 3. The van der Waals surface area contributed by atoms with Crippen LogP contribution in [0.4, 0.5) is 4.79 Å². The number of ether oxygens (including phenoxy) is 1. The number of carboxylic acids is 1. The van der Waals surface area contributed by atoms with Gasteiger partial charge in [-0.1, -0.05) is 61.4 Å². The van der Waals surface area contributed by atoms with E-state index >= 15 is 0 Å². The Morgan fingerprint density at radius 2 is 1.63 bits per heavy atom. The zero-order valence-electron chi connectivity index (χ0n) is 20.6. The van der Waals surface area contributed by atoms with E-state index in [0.717, 1.165) is 35.1 Å². The molecule has 0 radical (unpaired) electrons. The van der Waals surface area contributed by atoms with E-state index in [0.29, 0.717) is 12.8 Å². The lowest BCUT2D eigenvalue weighted by molar-refractivity contribution is -0.147. The minimum absolute atomic E-state index is 0.0222. The Kier molecular flexibility index (Phi) is 6.88. The van der Waals surface area contributed by atoms with Crippen LogP contribution in [0.15, 0.2) is 48.5 Å². The van der Waals surface area contributed by atoms with E-state index in [1.807, 2.05) is 31.2 Å². The molecule has 0 aliphatic heterocycles. The molecule has 7 heteroatoms. The molecule has 0 saturated heterocycles. The monoisotopic (exact) mass is 478 g/mol. The third-order valence-corrected chi connectivity index (χ3v) is 7.63. The van der Waals surface area contributed by atoms with E-state index in [-0.39, 0.29) is 31.0 Å². The molecule has 1 fully saturated rings. The van der Waals surface area contributed by atoms with Crippen LogP contribution in [0.3, 0.4) is 0 Å². The van der Waals surface area contributed by atoms with Gasteiger partial charge in [-0.25, -0.2) is 4.79 Å². The van der Waals surface area contributed by atoms with Crippen molar-refractivity contribution in [3.8, 4) is 11.1 Å². The van der Waals surface area contributed by atoms with Crippen LogP contribution in [0.25, 0.3) is 11.1 Å². The van der Waals surface area contributed by atoms with Crippen molar-refractivity contribution in [2.45, 2.75) is 58.4 Å². The van der Waals surface area contributed by atoms with Crippen molar-refractivity contribution in [2.24, 2.45) is 10.8 Å². The zero-order valence-corrected chi connectivity index (χ0v) is 20.6. The highest BCUT2D eigenvalue weighted by atomic mass is 16.5. The summed E-state index contributed by atoms with van der Waals surface area (Å²) < 4.78 is 5.70. The van der Waals surface area contributed by atoms with Gasteiger partial charge in [-0.05, 0) is 55.9 Å². The molecular weight excluding hydrogens is 444 g/mol. The fourth-order valence-corrected chi connectivity index (χ4v) is 5.20. The second kappa shape index (κ2) is 9.72. The summed E-state index contributed by atoms with van der Waals surface area (Å²) in [7, 11) is 0. The first-order valence-corrected chi connectivity index (χ1v) is 12.3. The Morgan fingerprint density at radius 1 is 1.03 bits per heavy atom. The number of alkyl carbamates (subject to hydrolysis) is 1. The minimum Gasteiger partial charge on any atom is -0.481 e. The first-order valence-electron chi connectivity index (χ1n) is 12.3. The fourth-order valence-electron chi connectivity index (χ4n) is 5.20. The summed E-state index contributed by atoms with van der Waals surface area (Å²) in [4.78, 5) is 37.4. The minimum atomic E-state index is -1.07. The van der Waals surface area contributed by atoms with Crippen molar-refractivity contribution in [3.05, 3.63) is 59.7 Å². The summed E-state index contributed by atoms with van der Waals surface area (Å²) in [6.45, 7) is 5.22. The van der Waals surface area contributed by atoms with Crippen molar-refractivity contribution < 1.29 is 24.2 Å². The molecule has 2 atom stereocenters. The number of carbonyl (C=O) groups excluding carboxylic acids is 2. The second-order valence-electron chi connectivity index (χ2n) is 10.6. The second-order valence-corrected chi connectivity index (χ2v) is 10.6. The fraction of sp³-hybridized carbons (Fsp3) is 0.464. The summed E-state index contributed by atoms with van der Waals surface area (Å²) in [5, 5.41) is 15.1. The maximum Gasteiger partial charge on any atom is 0.407 e. The van der Waals surface area contributed by atoms with Gasteiger partial charge in [-0.3, -0.25) is 9.59 Å². The van der Waals surface area contributed by atoms with Gasteiger partial charge < -0.3 is 20.5 Å². The average molecular weight is 479 g/mol. The van der Waals surface area contributed by atoms with Crippen molar-refractivity contribution in [1.82, 2.24) is 10.6 Å². The van der Waals surface area contributed by atoms with Crippen LogP contribution in [0.5, 0.6) is 0 Å². The number of nitrogens with one attached hydrogen (secondary N) is 2. The average Bonchev–Trinajstić information content (AvgIpc) is 3.16. The van der Waals surface area contributed by atoms with Gasteiger partial charge in [0.05, 0.1) is 10.8 Å². The molecule has 0 spiro atoms. The highest BCUT2D eigenvalue weighted by molar-refractivity contribution is 5.85. The van der Waals surface area contributed by atoms with Crippen LogP contribution in [-0.2, 0) is 14.3 Å². The summed E-state index contributed by atoms with van der Waals surface area (Å²) in [5.74, 6) is -1.25. The van der Waals surface area contributed by atoms with Gasteiger partial charge in [-0.15, -0.1) is 0 Å². The maximum atomic E-state index is 13.1. The molecule has 4 rings (SSSR count). The number of hydrogen-bond donors (Lipinski definition) is 3. The number of amides is 2. The molecule has 2 aliphatic rings. The van der Waals surface area contributed by atoms with Crippen molar-refractivity contribution in [2.75, 3.05) is 13.2 Å². The van der Waals surface area contributed by atoms with E-state index in [4.69, 9.17) is 4.74 Å². The highest BCUT2D eigenvalue weighted by Gasteiger charge is 2.44. The highest BCUT2D eigenvalue weighted by Crippen LogP contribution is 2.44. The van der Waals surface area contributed by atoms with E-state index in [2.05, 4.69) is 34.9 Å². The molecule has 2 aromatic rings. The predicted molar refractivity (Wildman–Crippen MR) is 133 cm³/mol. The molecule has 1 saturated carbocycles. The molecule has 0 aromatic heterocycles. The molecule has 2 unspecified atom stereocenters. The van der Waals surface area contributed by atoms with Crippen molar-refractivity contribution in [1.29, 1.82) is 0 Å². The number of fused-ring (bicyclic) bond motifs is 3. The molecule has 2 amide bonds. The molecule has 7 nitrogen and oxygen atoms in total. The smallest absolute Gasteiger partial charge is 0.407 e. The SMILES string of the molecule is CC(C)(CNC(=O)C1(C)CCCCC1NC(=O)OCC1c2ccccc2-c2ccccc21)C(=O)O. The topological polar surface area (TPSA) is 105 Å². The van der Waals surface area contributed by atoms with Gasteiger partial charge in [0.2, 0.25) is 5.91 Å². The van der Waals surface area contributed by atoms with E-state index < -0.39 is 22.9 Å². The van der Waals surface area contributed by atoms with Crippen molar-refractivity contribution in [3.63, 3.8) is 0 Å².